The van der Waals surface area contributed by atoms with Crippen molar-refractivity contribution in [2.45, 2.75) is 19.6 Å². The van der Waals surface area contributed by atoms with Gasteiger partial charge in [-0.3, -0.25) is 23.3 Å². The Morgan fingerprint density at radius 2 is 1.34 bits per heavy atom. The summed E-state index contributed by atoms with van der Waals surface area (Å²) in [6, 6.07) is 60.8. The molecule has 50 heavy (non-hydrogen) atoms. The van der Waals surface area contributed by atoms with Crippen LogP contribution in [0.4, 0.5) is 0 Å². The Morgan fingerprint density at radius 1 is 0.620 bits per heavy atom. The third-order valence-corrected chi connectivity index (χ3v) is 10.1. The first-order valence-electron chi connectivity index (χ1n) is 15.8. The summed E-state index contributed by atoms with van der Waals surface area (Å²) >= 11 is 0. The number of para-hydroxylation sites is 3. The van der Waals surface area contributed by atoms with Crippen molar-refractivity contribution in [3.05, 3.63) is 170 Å². The largest absolute Gasteiger partial charge is 0.374 e. The Bertz CT molecular complexity index is 2290. The molecule has 0 saturated heterocycles. The molecule has 243 valence electrons. The second-order valence-corrected chi connectivity index (χ2v) is 17.5. The third kappa shape index (κ3) is 8.75. The summed E-state index contributed by atoms with van der Waals surface area (Å²) < 4.78 is 2.17. The molecule has 2 heterocycles. The van der Waals surface area contributed by atoms with Gasteiger partial charge in [-0.2, -0.15) is 5.56 Å². The van der Waals surface area contributed by atoms with E-state index in [1.54, 1.807) is 0 Å². The molecule has 0 unspecified atom stereocenters. The van der Waals surface area contributed by atoms with Crippen LogP contribution in [0.3, 0.4) is 0 Å². The van der Waals surface area contributed by atoms with Gasteiger partial charge >= 0.3 is 0 Å². The number of hydrogen-bond donors (Lipinski definition) is 0. The van der Waals surface area contributed by atoms with Crippen LogP contribution in [-0.4, -0.2) is 31.0 Å². The van der Waals surface area contributed by atoms with Crippen molar-refractivity contribution in [1.82, 2.24) is 14.5 Å². The van der Waals surface area contributed by atoms with E-state index >= 15 is 0 Å². The van der Waals surface area contributed by atoms with Gasteiger partial charge < -0.3 is 20.6 Å². The summed E-state index contributed by atoms with van der Waals surface area (Å²) in [6.45, 7) is 7.00. The van der Waals surface area contributed by atoms with Crippen LogP contribution in [0, 0.1) is 24.3 Å². The monoisotopic (exact) mass is 912 g/mol. The number of fused-ring (bicyclic) bond motifs is 2. The van der Waals surface area contributed by atoms with E-state index in [1.165, 1.54) is 10.6 Å². The number of rotatable bonds is 5. The van der Waals surface area contributed by atoms with Crippen molar-refractivity contribution >= 4 is 43.5 Å². The Balaban J connectivity index is 0.000000254. The smallest absolute Gasteiger partial charge is 0.0795 e. The molecule has 2 aromatic heterocycles. The molecule has 0 aliphatic rings. The van der Waals surface area contributed by atoms with Crippen molar-refractivity contribution in [2.24, 2.45) is 0 Å². The van der Waals surface area contributed by atoms with Crippen molar-refractivity contribution in [1.29, 1.82) is 0 Å². The predicted octanol–water partition coefficient (Wildman–Crippen LogP) is 9.62. The average Bonchev–Trinajstić information content (AvgIpc) is 3.52. The van der Waals surface area contributed by atoms with Gasteiger partial charge in [0.2, 0.25) is 0 Å². The molecule has 8 aromatic rings. The number of pyridine rings is 1. The van der Waals surface area contributed by atoms with E-state index in [2.05, 4.69) is 108 Å². The van der Waals surface area contributed by atoms with Crippen LogP contribution >= 0.6 is 0 Å². The number of benzene rings is 6. The van der Waals surface area contributed by atoms with Gasteiger partial charge in [0.05, 0.1) is 19.1 Å². The fourth-order valence-electron chi connectivity index (χ4n) is 5.55. The number of nitrogens with zero attached hydrogens (tertiary/aromatic N) is 3. The molecule has 0 N–H and O–H groups in total. The maximum atomic E-state index is 4.93. The molecule has 3 nitrogen and oxygen atoms in total. The molecular formula is C43H33BIrN3SiY-4. The van der Waals surface area contributed by atoms with Crippen LogP contribution in [0.2, 0.25) is 19.6 Å². The van der Waals surface area contributed by atoms with E-state index in [0.29, 0.717) is 0 Å². The first-order chi connectivity index (χ1) is 22.9. The molecule has 0 spiro atoms. The van der Waals surface area contributed by atoms with E-state index < -0.39 is 8.07 Å². The van der Waals surface area contributed by atoms with Gasteiger partial charge in [0.25, 0.3) is 0 Å². The second-order valence-electron chi connectivity index (χ2n) is 12.4. The standard InChI is InChI=1S/C29H17N2.C14H16NSi.B.Ir.Y/c1-2-13-26(14-3-1)31-28-16-7-6-15-27(28)30-29(31)25-12-8-11-23(20-25)24-18-17-21-9-4-5-10-22(21)19-24;1-16(2,3)13-9-10-14(15-11-13)12-7-5-4-6-8-12;;;/h1-11,13-18H;4-7,9-11H,1-3H3;;;/q-3;-1;;;. The summed E-state index contributed by atoms with van der Waals surface area (Å²) in [7, 11) is -1.23. The Labute approximate surface area is 337 Å². The molecule has 0 atom stereocenters. The maximum Gasteiger partial charge on any atom is 0.0795 e. The molecule has 0 aliphatic heterocycles. The molecule has 8 rings (SSSR count). The second kappa shape index (κ2) is 17.4. The summed E-state index contributed by atoms with van der Waals surface area (Å²) in [5.74, 6) is 0.829. The number of hydrogen-bond acceptors (Lipinski definition) is 2. The van der Waals surface area contributed by atoms with Gasteiger partial charge in [0.15, 0.2) is 0 Å². The quantitative estimate of drug-likeness (QED) is 0.127. The first-order valence-corrected chi connectivity index (χ1v) is 19.3. The van der Waals surface area contributed by atoms with E-state index in [9.17, 15) is 0 Å². The minimum absolute atomic E-state index is 0. The van der Waals surface area contributed by atoms with Gasteiger partial charge in [-0.25, -0.2) is 6.07 Å². The molecule has 0 amide bonds. The summed E-state index contributed by atoms with van der Waals surface area (Å²) in [4.78, 5) is 9.45. The molecule has 6 aromatic carbocycles. The zero-order valence-electron chi connectivity index (χ0n) is 28.2. The molecular weight excluding hydrogens is 879 g/mol. The fraction of sp³-hybridized carbons (Fsp3) is 0.0698. The average molecular weight is 912 g/mol. The van der Waals surface area contributed by atoms with Crippen molar-refractivity contribution in [3.63, 3.8) is 0 Å². The summed E-state index contributed by atoms with van der Waals surface area (Å²) in [6.07, 6.45) is 2.02. The summed E-state index contributed by atoms with van der Waals surface area (Å²) in [5, 5.41) is 3.67. The zero-order valence-corrected chi connectivity index (χ0v) is 34.4. The number of imidazole rings is 1. The van der Waals surface area contributed by atoms with Gasteiger partial charge in [-0.05, 0) is 41.0 Å². The maximum absolute atomic E-state index is 4.93. The molecule has 7 heteroatoms. The van der Waals surface area contributed by atoms with Gasteiger partial charge in [0, 0.05) is 73.1 Å². The molecule has 5 radical (unpaired) electrons. The van der Waals surface area contributed by atoms with Crippen LogP contribution in [-0.2, 0) is 52.8 Å². The van der Waals surface area contributed by atoms with E-state index in [1.807, 2.05) is 91.1 Å². The Kier molecular flexibility index (Phi) is 13.6. The number of aromatic nitrogens is 3. The van der Waals surface area contributed by atoms with Crippen LogP contribution in [0.5, 0.6) is 0 Å². The minimum atomic E-state index is -1.23. The molecule has 0 saturated carbocycles. The topological polar surface area (TPSA) is 30.7 Å². The molecule has 0 aliphatic carbocycles. The van der Waals surface area contributed by atoms with Gasteiger partial charge in [0.1, 0.15) is 0 Å². The fourth-order valence-corrected chi connectivity index (χ4v) is 6.59. The van der Waals surface area contributed by atoms with Crippen molar-refractivity contribution in [3.8, 4) is 39.5 Å². The third-order valence-electron chi connectivity index (χ3n) is 8.10. The van der Waals surface area contributed by atoms with Gasteiger partial charge in [-0.1, -0.05) is 85.7 Å². The van der Waals surface area contributed by atoms with Crippen LogP contribution in [0.25, 0.3) is 61.3 Å². The van der Waals surface area contributed by atoms with Crippen LogP contribution in [0.15, 0.2) is 146 Å². The van der Waals surface area contributed by atoms with Crippen molar-refractivity contribution in [2.75, 3.05) is 0 Å². The Hall–Kier alpha value is -3.76. The van der Waals surface area contributed by atoms with Crippen LogP contribution < -0.4 is 5.19 Å². The minimum Gasteiger partial charge on any atom is -0.374 e. The van der Waals surface area contributed by atoms with Gasteiger partial charge in [-0.15, -0.1) is 65.5 Å². The molecule has 0 fully saturated rings. The van der Waals surface area contributed by atoms with E-state index in [4.69, 9.17) is 4.98 Å². The zero-order chi connectivity index (χ0) is 32.2. The van der Waals surface area contributed by atoms with Crippen molar-refractivity contribution < 1.29 is 52.8 Å². The first kappa shape index (κ1) is 39.0. The van der Waals surface area contributed by atoms with E-state index in [0.717, 1.165) is 55.9 Å². The van der Waals surface area contributed by atoms with Crippen LogP contribution in [0.1, 0.15) is 0 Å². The SMILES string of the molecule is C[Si](C)(C)c1ccc(-c2[c-]cccc2)nc1.[B].[Ir].[Y].[c-]1ccc(-c2[c-]c3ccccc3cc2)[c-]c1-c1nc2ccccc2n1-c1ccccc1. The molecule has 0 bridgehead atoms. The summed E-state index contributed by atoms with van der Waals surface area (Å²) in [5.41, 5.74) is 7.96. The Morgan fingerprint density at radius 3 is 2.08 bits per heavy atom. The normalized spacial score (nSPS) is 10.6. The van der Waals surface area contributed by atoms with E-state index in [-0.39, 0.29) is 61.2 Å². The predicted molar refractivity (Wildman–Crippen MR) is 203 cm³/mol.